The van der Waals surface area contributed by atoms with E-state index in [0.29, 0.717) is 19.4 Å². The van der Waals surface area contributed by atoms with Crippen LogP contribution in [0, 0.1) is 11.8 Å². The Morgan fingerprint density at radius 2 is 1.89 bits per heavy atom. The lowest BCUT2D eigenvalue weighted by Crippen LogP contribution is -2.63. The van der Waals surface area contributed by atoms with Crippen LogP contribution in [-0.4, -0.2) is 76.1 Å². The van der Waals surface area contributed by atoms with Crippen LogP contribution in [0.2, 0.25) is 0 Å². The summed E-state index contributed by atoms with van der Waals surface area (Å²) in [6.45, 7) is 11.4. The number of aromatic nitrogens is 1. The first-order valence-corrected chi connectivity index (χ1v) is 13.7. The number of rotatable bonds is 10. The third kappa shape index (κ3) is 5.37. The van der Waals surface area contributed by atoms with Crippen LogP contribution in [0.25, 0.3) is 0 Å². The van der Waals surface area contributed by atoms with E-state index in [2.05, 4.69) is 13.2 Å². The van der Waals surface area contributed by atoms with Crippen molar-refractivity contribution in [1.82, 2.24) is 9.80 Å². The molecule has 3 aliphatic rings. The van der Waals surface area contributed by atoms with Gasteiger partial charge in [-0.3, -0.25) is 4.79 Å². The number of amides is 2. The number of nitrogens with zero attached hydrogens (tertiary/aromatic N) is 3. The molecule has 0 unspecified atom stereocenters. The standard InChI is InChI=1S/C28H36N3O6S/c1-6-12-36-27(34)24-25(17(3)23-22(18(4)32)26(33)31(23)24)38-21-15-20(14-19-8-10-29(5)11-9-19)30(16-21)28(35)37-13-7-2/h6-11,17-18,20-23,32H,1-2,12-16H2,3-5H3/q+1/t17-,18-,20-,21+,22-,23-/m1/s1. The van der Waals surface area contributed by atoms with Crippen molar-refractivity contribution in [2.45, 2.75) is 50.1 Å². The average Bonchev–Trinajstić information content (AvgIpc) is 3.38. The molecule has 4 rings (SSSR count). The molecule has 204 valence electrons. The number of esters is 1. The van der Waals surface area contributed by atoms with Crippen molar-refractivity contribution < 1.29 is 33.5 Å². The lowest BCUT2D eigenvalue weighted by molar-refractivity contribution is -0.671. The van der Waals surface area contributed by atoms with E-state index in [-0.39, 0.29) is 48.1 Å². The number of pyridine rings is 1. The van der Waals surface area contributed by atoms with Gasteiger partial charge in [-0.2, -0.15) is 0 Å². The fourth-order valence-corrected chi connectivity index (χ4v) is 7.14. The van der Waals surface area contributed by atoms with E-state index < -0.39 is 24.1 Å². The second kappa shape index (κ2) is 11.7. The van der Waals surface area contributed by atoms with Gasteiger partial charge in [-0.1, -0.05) is 32.2 Å². The molecular formula is C28H36N3O6S+. The summed E-state index contributed by atoms with van der Waals surface area (Å²) < 4.78 is 12.7. The van der Waals surface area contributed by atoms with Gasteiger partial charge in [-0.05, 0) is 25.3 Å². The summed E-state index contributed by atoms with van der Waals surface area (Å²) in [7, 11) is 1.95. The number of aliphatic hydroxyl groups is 1. The molecule has 0 radical (unpaired) electrons. The summed E-state index contributed by atoms with van der Waals surface area (Å²) in [6, 6.07) is 3.69. The Kier molecular flexibility index (Phi) is 8.62. The van der Waals surface area contributed by atoms with E-state index in [1.165, 1.54) is 22.7 Å². The number of hydrogen-bond donors (Lipinski definition) is 1. The van der Waals surface area contributed by atoms with E-state index in [1.807, 2.05) is 43.1 Å². The zero-order valence-electron chi connectivity index (χ0n) is 22.1. The molecule has 9 nitrogen and oxygen atoms in total. The van der Waals surface area contributed by atoms with Gasteiger partial charge in [0.1, 0.15) is 26.0 Å². The van der Waals surface area contributed by atoms with Crippen molar-refractivity contribution in [3.05, 3.63) is 66.0 Å². The minimum absolute atomic E-state index is 0.0189. The van der Waals surface area contributed by atoms with Crippen LogP contribution < -0.4 is 4.57 Å². The molecule has 1 N–H and O–H groups in total. The zero-order valence-corrected chi connectivity index (χ0v) is 22.9. The van der Waals surface area contributed by atoms with Crippen LogP contribution in [-0.2, 0) is 32.5 Å². The monoisotopic (exact) mass is 542 g/mol. The Balaban J connectivity index is 1.59. The topological polar surface area (TPSA) is 100 Å². The third-order valence-corrected chi connectivity index (χ3v) is 8.88. The molecule has 0 bridgehead atoms. The molecule has 0 saturated carbocycles. The lowest BCUT2D eigenvalue weighted by atomic mass is 9.79. The fourth-order valence-electron chi connectivity index (χ4n) is 5.58. The van der Waals surface area contributed by atoms with Gasteiger partial charge in [0.15, 0.2) is 12.4 Å². The second-order valence-corrected chi connectivity index (χ2v) is 11.4. The molecule has 2 saturated heterocycles. The molecular weight excluding hydrogens is 506 g/mol. The Labute approximate surface area is 227 Å². The van der Waals surface area contributed by atoms with Gasteiger partial charge in [0.05, 0.1) is 18.1 Å². The number of carbonyl (C=O) groups is 3. The molecule has 2 amide bonds. The van der Waals surface area contributed by atoms with Crippen LogP contribution in [0.4, 0.5) is 4.79 Å². The molecule has 3 aliphatic heterocycles. The minimum Gasteiger partial charge on any atom is -0.457 e. The van der Waals surface area contributed by atoms with E-state index in [4.69, 9.17) is 9.47 Å². The smallest absolute Gasteiger partial charge is 0.410 e. The second-order valence-electron chi connectivity index (χ2n) is 10.1. The number of likely N-dealkylation sites (tertiary alicyclic amines) is 1. The van der Waals surface area contributed by atoms with Gasteiger partial charge < -0.3 is 24.4 Å². The molecule has 6 atom stereocenters. The number of hydrogen-bond acceptors (Lipinski definition) is 7. The Morgan fingerprint density at radius 3 is 2.53 bits per heavy atom. The first kappa shape index (κ1) is 27.9. The van der Waals surface area contributed by atoms with Crippen molar-refractivity contribution in [2.24, 2.45) is 18.9 Å². The van der Waals surface area contributed by atoms with Gasteiger partial charge in [0.25, 0.3) is 0 Å². The maximum absolute atomic E-state index is 13.1. The molecule has 4 heterocycles. The lowest BCUT2D eigenvalue weighted by Gasteiger charge is -2.46. The van der Waals surface area contributed by atoms with Crippen molar-refractivity contribution in [3.8, 4) is 0 Å². The molecule has 0 aromatic carbocycles. The van der Waals surface area contributed by atoms with E-state index in [1.54, 1.807) is 17.9 Å². The summed E-state index contributed by atoms with van der Waals surface area (Å²) in [5, 5.41) is 10.2. The summed E-state index contributed by atoms with van der Waals surface area (Å²) in [6.07, 6.45) is 7.12. The van der Waals surface area contributed by atoms with E-state index in [9.17, 15) is 19.5 Å². The van der Waals surface area contributed by atoms with Gasteiger partial charge in [0, 0.05) is 40.8 Å². The minimum atomic E-state index is -0.820. The van der Waals surface area contributed by atoms with Crippen LogP contribution in [0.5, 0.6) is 0 Å². The van der Waals surface area contributed by atoms with E-state index >= 15 is 0 Å². The highest BCUT2D eigenvalue weighted by atomic mass is 32.2. The van der Waals surface area contributed by atoms with E-state index in [0.717, 1.165) is 10.5 Å². The number of aryl methyl sites for hydroxylation is 1. The largest absolute Gasteiger partial charge is 0.457 e. The molecule has 38 heavy (non-hydrogen) atoms. The maximum Gasteiger partial charge on any atom is 0.410 e. The zero-order chi connectivity index (χ0) is 27.6. The Morgan fingerprint density at radius 1 is 1.24 bits per heavy atom. The number of thioether (sulfide) groups is 1. The van der Waals surface area contributed by atoms with Crippen LogP contribution in [0.3, 0.4) is 0 Å². The molecule has 2 fully saturated rings. The SMILES string of the molecule is C=CCOC(=O)C1=C(S[C@H]2C[C@@H](Cc3cc[n+](C)cc3)N(C(=O)OCC=C)C2)[C@H](C)[C@@H]2[C@@H]([C@@H](C)O)C(=O)N12. The molecule has 10 heteroatoms. The van der Waals surface area contributed by atoms with Gasteiger partial charge in [-0.25, -0.2) is 14.2 Å². The maximum atomic E-state index is 13.1. The summed E-state index contributed by atoms with van der Waals surface area (Å²) in [5.41, 5.74) is 1.35. The highest BCUT2D eigenvalue weighted by Crippen LogP contribution is 2.52. The molecule has 0 aliphatic carbocycles. The number of β-lactam (4-membered cyclic amide) rings is 1. The summed E-state index contributed by atoms with van der Waals surface area (Å²) in [4.78, 5) is 43.0. The normalized spacial score (nSPS) is 27.1. The van der Waals surface area contributed by atoms with Gasteiger partial charge in [0.2, 0.25) is 5.91 Å². The van der Waals surface area contributed by atoms with Crippen molar-refractivity contribution in [1.29, 1.82) is 0 Å². The highest BCUT2D eigenvalue weighted by molar-refractivity contribution is 8.03. The van der Waals surface area contributed by atoms with Gasteiger partial charge >= 0.3 is 12.1 Å². The van der Waals surface area contributed by atoms with Gasteiger partial charge in [-0.15, -0.1) is 11.8 Å². The Hall–Kier alpha value is -3.11. The Bertz CT molecular complexity index is 1130. The molecule has 1 aromatic rings. The van der Waals surface area contributed by atoms with Crippen LogP contribution in [0.15, 0.2) is 60.4 Å². The number of ether oxygens (including phenoxy) is 2. The molecule has 0 spiro atoms. The quantitative estimate of drug-likeness (QED) is 0.210. The first-order chi connectivity index (χ1) is 18.2. The highest BCUT2D eigenvalue weighted by Gasteiger charge is 2.60. The third-order valence-electron chi connectivity index (χ3n) is 7.38. The number of aliphatic hydroxyl groups excluding tert-OH is 1. The van der Waals surface area contributed by atoms with Crippen LogP contribution >= 0.6 is 11.8 Å². The van der Waals surface area contributed by atoms with Crippen molar-refractivity contribution >= 4 is 29.7 Å². The predicted octanol–water partition coefficient (Wildman–Crippen LogP) is 2.35. The summed E-state index contributed by atoms with van der Waals surface area (Å²) >= 11 is 1.52. The first-order valence-electron chi connectivity index (χ1n) is 12.9. The average molecular weight is 543 g/mol. The van der Waals surface area contributed by atoms with Crippen LogP contribution in [0.1, 0.15) is 25.8 Å². The molecule has 1 aromatic heterocycles. The predicted molar refractivity (Wildman–Crippen MR) is 143 cm³/mol. The number of carbonyl (C=O) groups excluding carboxylic acids is 3. The fraction of sp³-hybridized carbons (Fsp3) is 0.500. The summed E-state index contributed by atoms with van der Waals surface area (Å²) in [5.74, 6) is -1.56. The van der Waals surface area contributed by atoms with Crippen molar-refractivity contribution in [3.63, 3.8) is 0 Å². The number of fused-ring (bicyclic) bond motifs is 1. The van der Waals surface area contributed by atoms with Crippen molar-refractivity contribution in [2.75, 3.05) is 19.8 Å².